The Morgan fingerprint density at radius 3 is 2.04 bits per heavy atom. The summed E-state index contributed by atoms with van der Waals surface area (Å²) in [6, 6.07) is 8.71. The lowest BCUT2D eigenvalue weighted by molar-refractivity contribution is -0.284. The van der Waals surface area contributed by atoms with Gasteiger partial charge < -0.3 is 23.3 Å². The molecule has 1 heterocycles. The molecule has 2 rings (SSSR count). The van der Waals surface area contributed by atoms with Crippen molar-refractivity contribution in [3.63, 3.8) is 0 Å². The van der Waals surface area contributed by atoms with Crippen LogP contribution in [0, 0.1) is 0 Å². The predicted molar refractivity (Wildman–Crippen MR) is 85.5 cm³/mol. The van der Waals surface area contributed by atoms with Crippen molar-refractivity contribution in [3.8, 4) is 0 Å². The summed E-state index contributed by atoms with van der Waals surface area (Å²) >= 11 is 0. The fourth-order valence-corrected chi connectivity index (χ4v) is 3.61. The number of benzene rings is 1. The molecule has 0 aromatic heterocycles. The molecule has 0 amide bonds. The average Bonchev–Trinajstić information content (AvgIpc) is 2.55. The maximum absolute atomic E-state index is 11.1. The Morgan fingerprint density at radius 2 is 1.52 bits per heavy atom. The van der Waals surface area contributed by atoms with Gasteiger partial charge in [0, 0.05) is 7.11 Å². The molecule has 11 nitrogen and oxygen atoms in total. The molecule has 0 bridgehead atoms. The first-order chi connectivity index (χ1) is 12.5. The van der Waals surface area contributed by atoms with Crippen LogP contribution >= 0.6 is 0 Å². The van der Waals surface area contributed by atoms with Crippen LogP contribution in [0.2, 0.25) is 0 Å². The lowest BCUT2D eigenvalue weighted by atomic mass is 9.99. The van der Waals surface area contributed by atoms with Crippen LogP contribution in [0.25, 0.3) is 0 Å². The minimum absolute atomic E-state index is 0.0353. The molecule has 154 valence electrons. The molecule has 1 saturated heterocycles. The molecule has 1 aliphatic heterocycles. The number of rotatable bonds is 8. The van der Waals surface area contributed by atoms with Crippen molar-refractivity contribution in [3.05, 3.63) is 35.9 Å². The third-order valence-corrected chi connectivity index (χ3v) is 4.62. The number of ether oxygens (including phenoxy) is 3. The Morgan fingerprint density at radius 1 is 0.963 bits per heavy atom. The Balaban J connectivity index is 2.31. The molecule has 1 aliphatic rings. The molecular weight excluding hydrogens is 408 g/mol. The van der Waals surface area contributed by atoms with Crippen LogP contribution < -0.4 is 0 Å². The fraction of sp³-hybridized carbons (Fsp3) is 0.571. The van der Waals surface area contributed by atoms with E-state index in [1.807, 2.05) is 0 Å². The van der Waals surface area contributed by atoms with Gasteiger partial charge in [0.2, 0.25) is 20.8 Å². The number of hydrogen-bond acceptors (Lipinski definition) is 11. The van der Waals surface area contributed by atoms with Gasteiger partial charge in [0.05, 0.1) is 12.7 Å². The lowest BCUT2D eigenvalue weighted by Gasteiger charge is -2.44. The molecule has 0 radical (unpaired) electrons. The molecule has 1 fully saturated rings. The van der Waals surface area contributed by atoms with E-state index in [2.05, 4.69) is 8.37 Å². The second kappa shape index (κ2) is 8.89. The lowest BCUT2D eigenvalue weighted by Crippen LogP contribution is -2.60. The van der Waals surface area contributed by atoms with Crippen molar-refractivity contribution >= 4 is 20.8 Å². The maximum atomic E-state index is 11.1. The van der Waals surface area contributed by atoms with Crippen LogP contribution in [0.5, 0.6) is 0 Å². The molecule has 5 unspecified atom stereocenters. The van der Waals surface area contributed by atoms with Gasteiger partial charge in [0.1, 0.15) is 12.2 Å². The third kappa shape index (κ3) is 6.74. The Kier molecular flexibility index (Phi) is 7.29. The summed E-state index contributed by atoms with van der Waals surface area (Å²) in [5.74, 6) is 0. The summed E-state index contributed by atoms with van der Waals surface area (Å²) in [5.41, 5.74) is 0.705. The molecule has 0 aliphatic carbocycles. The van der Waals surface area contributed by atoms with Crippen molar-refractivity contribution in [1.29, 1.82) is 0 Å². The molecule has 27 heavy (non-hydrogen) atoms. The smallest absolute Gasteiger partial charge is 0.218 e. The highest BCUT2D eigenvalue weighted by Gasteiger charge is 2.49. The molecule has 1 aromatic rings. The van der Waals surface area contributed by atoms with E-state index >= 15 is 0 Å². The third-order valence-electron chi connectivity index (χ3n) is 3.70. The van der Waals surface area contributed by atoms with E-state index in [0.29, 0.717) is 5.56 Å². The maximum Gasteiger partial charge on any atom is 0.218 e. The zero-order valence-electron chi connectivity index (χ0n) is 14.3. The van der Waals surface area contributed by atoms with Gasteiger partial charge in [-0.15, -0.1) is 0 Å². The first kappa shape index (κ1) is 22.1. The van der Waals surface area contributed by atoms with E-state index < -0.39 is 51.5 Å². The van der Waals surface area contributed by atoms with Crippen LogP contribution in [0.4, 0.5) is 0 Å². The van der Waals surface area contributed by atoms with Crippen LogP contribution in [0.1, 0.15) is 12.5 Å². The van der Waals surface area contributed by atoms with Gasteiger partial charge in [-0.3, -0.25) is 8.37 Å². The highest BCUT2D eigenvalue weighted by Crippen LogP contribution is 2.30. The zero-order chi connectivity index (χ0) is 20.2. The van der Waals surface area contributed by atoms with Crippen molar-refractivity contribution in [2.45, 2.75) is 44.2 Å². The second-order valence-corrected chi connectivity index (χ2v) is 7.66. The van der Waals surface area contributed by atoms with Gasteiger partial charge in [-0.05, 0) is 12.5 Å². The monoisotopic (exact) mass is 426 g/mol. The zero-order valence-corrected chi connectivity index (χ0v) is 15.9. The highest BCUT2D eigenvalue weighted by atomic mass is 32.3. The Hall–Kier alpha value is -1.16. The topological polar surface area (TPSA) is 161 Å². The van der Waals surface area contributed by atoms with E-state index in [0.717, 1.165) is 7.11 Å². The van der Waals surface area contributed by atoms with Crippen LogP contribution in [-0.2, 0) is 50.0 Å². The second-order valence-electron chi connectivity index (χ2n) is 5.64. The molecule has 0 saturated carbocycles. The molecule has 1 aromatic carbocycles. The molecule has 0 N–H and O–H groups in total. The average molecular weight is 426 g/mol. The van der Waals surface area contributed by atoms with Crippen LogP contribution in [0.3, 0.4) is 0 Å². The van der Waals surface area contributed by atoms with E-state index in [9.17, 15) is 25.9 Å². The van der Waals surface area contributed by atoms with Crippen molar-refractivity contribution < 1.29 is 48.5 Å². The summed E-state index contributed by atoms with van der Waals surface area (Å²) in [7, 11) is -9.50. The SMILES string of the molecule is COC1OC(C)C(OCc2ccccc2)C(OS(=O)(=O)[O-])C1OS(=O)(=O)[O-]. The van der Waals surface area contributed by atoms with Gasteiger partial charge in [0.15, 0.2) is 12.4 Å². The largest absolute Gasteiger partial charge is 0.726 e. The van der Waals surface area contributed by atoms with E-state index in [1.54, 1.807) is 30.3 Å². The summed E-state index contributed by atoms with van der Waals surface area (Å²) in [5, 5.41) is 0. The number of methoxy groups -OCH3 is 1. The molecule has 0 spiro atoms. The first-order valence-corrected chi connectivity index (χ1v) is 10.3. The minimum Gasteiger partial charge on any atom is -0.726 e. The molecule has 5 atom stereocenters. The van der Waals surface area contributed by atoms with E-state index in [-0.39, 0.29) is 6.61 Å². The minimum atomic E-state index is -5.31. The predicted octanol–water partition coefficient (Wildman–Crippen LogP) is -0.346. The number of hydrogen-bond donors (Lipinski definition) is 0. The summed E-state index contributed by atoms with van der Waals surface area (Å²) in [6.45, 7) is 1.43. The van der Waals surface area contributed by atoms with Crippen molar-refractivity contribution in [2.24, 2.45) is 0 Å². The Bertz CT molecular complexity index is 809. The molecule has 13 heteroatoms. The van der Waals surface area contributed by atoms with Gasteiger partial charge in [0.25, 0.3) is 0 Å². The van der Waals surface area contributed by atoms with Gasteiger partial charge >= 0.3 is 0 Å². The fourth-order valence-electron chi connectivity index (χ4n) is 2.64. The van der Waals surface area contributed by atoms with Crippen LogP contribution in [-0.4, -0.2) is 63.8 Å². The normalized spacial score (nSPS) is 29.6. The van der Waals surface area contributed by atoms with Gasteiger partial charge in [-0.1, -0.05) is 30.3 Å². The van der Waals surface area contributed by atoms with Crippen molar-refractivity contribution in [1.82, 2.24) is 0 Å². The van der Waals surface area contributed by atoms with Gasteiger partial charge in [-0.2, -0.15) is 0 Å². The molecular formula is C14H18O11S2-2. The summed E-state index contributed by atoms with van der Waals surface area (Å²) in [4.78, 5) is 0. The first-order valence-electron chi connectivity index (χ1n) is 7.62. The summed E-state index contributed by atoms with van der Waals surface area (Å²) < 4.78 is 91.1. The standard InChI is InChI=1S/C14H20O11S2/c1-9-11(22-8-10-6-4-3-5-7-10)12(24-26(15,16)17)13(14(21-2)23-9)25-27(18,19)20/h3-7,9,11-14H,8H2,1-2H3,(H,15,16,17)(H,18,19,20)/p-2. The van der Waals surface area contributed by atoms with Crippen LogP contribution in [0.15, 0.2) is 30.3 Å². The Labute approximate surface area is 157 Å². The van der Waals surface area contributed by atoms with E-state index in [4.69, 9.17) is 14.2 Å². The van der Waals surface area contributed by atoms with E-state index in [1.165, 1.54) is 6.92 Å². The quantitative estimate of drug-likeness (QED) is 0.395. The van der Waals surface area contributed by atoms with Crippen molar-refractivity contribution in [2.75, 3.05) is 7.11 Å². The summed E-state index contributed by atoms with van der Waals surface area (Å²) in [6.07, 6.45) is -7.31. The highest BCUT2D eigenvalue weighted by molar-refractivity contribution is 7.81. The van der Waals surface area contributed by atoms with Gasteiger partial charge in [-0.25, -0.2) is 16.8 Å².